The molecule has 1 aliphatic heterocycles. The van der Waals surface area contributed by atoms with Gasteiger partial charge in [-0.1, -0.05) is 13.8 Å². The standard InChI is InChI=1S/C10H22N2O2S/c1-8(2)5-10-7-12(15(4,13)14)9(3)6-11-10/h8-11H,5-7H2,1-4H3. The quantitative estimate of drug-likeness (QED) is 0.780. The highest BCUT2D eigenvalue weighted by atomic mass is 32.2. The molecule has 1 saturated heterocycles. The van der Waals surface area contributed by atoms with Crippen molar-refractivity contribution in [3.8, 4) is 0 Å². The topological polar surface area (TPSA) is 49.4 Å². The molecule has 15 heavy (non-hydrogen) atoms. The molecule has 1 fully saturated rings. The summed E-state index contributed by atoms with van der Waals surface area (Å²) in [6, 6.07) is 0.374. The molecule has 0 radical (unpaired) electrons. The summed E-state index contributed by atoms with van der Waals surface area (Å²) in [5, 5.41) is 3.40. The second-order valence-electron chi connectivity index (χ2n) is 4.92. The Bertz CT molecular complexity index is 301. The first kappa shape index (κ1) is 12.9. The minimum atomic E-state index is -3.05. The number of sulfonamides is 1. The van der Waals surface area contributed by atoms with Crippen molar-refractivity contribution >= 4 is 10.0 Å². The van der Waals surface area contributed by atoms with Gasteiger partial charge in [-0.3, -0.25) is 0 Å². The minimum absolute atomic E-state index is 0.0726. The molecule has 0 aromatic carbocycles. The maximum Gasteiger partial charge on any atom is 0.211 e. The van der Waals surface area contributed by atoms with E-state index in [4.69, 9.17) is 0 Å². The highest BCUT2D eigenvalue weighted by Gasteiger charge is 2.30. The molecule has 0 spiro atoms. The number of hydrogen-bond acceptors (Lipinski definition) is 3. The van der Waals surface area contributed by atoms with Crippen molar-refractivity contribution in [3.05, 3.63) is 0 Å². The first-order chi connectivity index (χ1) is 6.80. The third kappa shape index (κ3) is 3.74. The van der Waals surface area contributed by atoms with Crippen LogP contribution in [-0.4, -0.2) is 44.2 Å². The molecule has 2 unspecified atom stereocenters. The van der Waals surface area contributed by atoms with Gasteiger partial charge >= 0.3 is 0 Å². The van der Waals surface area contributed by atoms with E-state index in [1.807, 2.05) is 6.92 Å². The Hall–Kier alpha value is -0.130. The molecule has 1 rings (SSSR count). The summed E-state index contributed by atoms with van der Waals surface area (Å²) in [6.07, 6.45) is 2.32. The van der Waals surface area contributed by atoms with Crippen LogP contribution in [0.2, 0.25) is 0 Å². The second kappa shape index (κ2) is 4.80. The van der Waals surface area contributed by atoms with E-state index in [0.717, 1.165) is 13.0 Å². The monoisotopic (exact) mass is 234 g/mol. The van der Waals surface area contributed by atoms with Gasteiger partial charge in [-0.05, 0) is 19.3 Å². The van der Waals surface area contributed by atoms with Crippen LogP contribution < -0.4 is 5.32 Å². The van der Waals surface area contributed by atoms with Gasteiger partial charge in [0.15, 0.2) is 0 Å². The lowest BCUT2D eigenvalue weighted by Crippen LogP contribution is -2.57. The molecule has 1 aliphatic rings. The van der Waals surface area contributed by atoms with Gasteiger partial charge in [-0.25, -0.2) is 8.42 Å². The van der Waals surface area contributed by atoms with Crippen LogP contribution in [0, 0.1) is 5.92 Å². The summed E-state index contributed by atoms with van der Waals surface area (Å²) in [5.41, 5.74) is 0. The molecule has 1 N–H and O–H groups in total. The Balaban J connectivity index is 2.64. The van der Waals surface area contributed by atoms with Crippen LogP contribution in [0.5, 0.6) is 0 Å². The lowest BCUT2D eigenvalue weighted by atomic mass is 10.0. The average Bonchev–Trinajstić information content (AvgIpc) is 2.05. The smallest absolute Gasteiger partial charge is 0.211 e. The van der Waals surface area contributed by atoms with E-state index in [2.05, 4.69) is 19.2 Å². The van der Waals surface area contributed by atoms with Crippen molar-refractivity contribution in [1.82, 2.24) is 9.62 Å². The largest absolute Gasteiger partial charge is 0.311 e. The number of piperazine rings is 1. The maximum atomic E-state index is 11.5. The molecule has 5 heteroatoms. The van der Waals surface area contributed by atoms with Crippen molar-refractivity contribution in [2.75, 3.05) is 19.3 Å². The van der Waals surface area contributed by atoms with E-state index in [-0.39, 0.29) is 6.04 Å². The van der Waals surface area contributed by atoms with Gasteiger partial charge in [0.2, 0.25) is 10.0 Å². The SMILES string of the molecule is CC(C)CC1CN(S(C)(=O)=O)C(C)CN1. The molecule has 0 bridgehead atoms. The van der Waals surface area contributed by atoms with Crippen molar-refractivity contribution in [1.29, 1.82) is 0 Å². The normalized spacial score (nSPS) is 29.7. The first-order valence-electron chi connectivity index (χ1n) is 5.51. The van der Waals surface area contributed by atoms with Crippen molar-refractivity contribution in [2.24, 2.45) is 5.92 Å². The number of rotatable bonds is 3. The first-order valence-corrected chi connectivity index (χ1v) is 7.35. The van der Waals surface area contributed by atoms with Crippen LogP contribution >= 0.6 is 0 Å². The molecular formula is C10H22N2O2S. The third-order valence-corrected chi connectivity index (χ3v) is 4.14. The van der Waals surface area contributed by atoms with Crippen LogP contribution in [0.3, 0.4) is 0 Å². The number of hydrogen-bond donors (Lipinski definition) is 1. The van der Waals surface area contributed by atoms with E-state index in [1.54, 1.807) is 4.31 Å². The van der Waals surface area contributed by atoms with E-state index in [9.17, 15) is 8.42 Å². The molecule has 1 heterocycles. The van der Waals surface area contributed by atoms with Gasteiger partial charge < -0.3 is 5.32 Å². The fourth-order valence-corrected chi connectivity index (χ4v) is 3.27. The Kier molecular flexibility index (Phi) is 4.14. The van der Waals surface area contributed by atoms with Gasteiger partial charge in [0, 0.05) is 25.2 Å². The molecule has 0 amide bonds. The highest BCUT2D eigenvalue weighted by molar-refractivity contribution is 7.88. The average molecular weight is 234 g/mol. The summed E-state index contributed by atoms with van der Waals surface area (Å²) in [6.45, 7) is 7.62. The second-order valence-corrected chi connectivity index (χ2v) is 6.85. The summed E-state index contributed by atoms with van der Waals surface area (Å²) in [5.74, 6) is 0.595. The minimum Gasteiger partial charge on any atom is -0.311 e. The van der Waals surface area contributed by atoms with Crippen LogP contribution in [0.1, 0.15) is 27.2 Å². The summed E-state index contributed by atoms with van der Waals surface area (Å²) in [4.78, 5) is 0. The zero-order valence-corrected chi connectivity index (χ0v) is 10.8. The molecule has 2 atom stereocenters. The molecule has 4 nitrogen and oxygen atoms in total. The zero-order valence-electron chi connectivity index (χ0n) is 10.0. The van der Waals surface area contributed by atoms with E-state index >= 15 is 0 Å². The summed E-state index contributed by atoms with van der Waals surface area (Å²) >= 11 is 0. The highest BCUT2D eigenvalue weighted by Crippen LogP contribution is 2.15. The van der Waals surface area contributed by atoms with Gasteiger partial charge in [0.1, 0.15) is 0 Å². The van der Waals surface area contributed by atoms with Crippen LogP contribution in [-0.2, 0) is 10.0 Å². The predicted octanol–water partition coefficient (Wildman–Crippen LogP) is 0.654. The lowest BCUT2D eigenvalue weighted by Gasteiger charge is -2.37. The van der Waals surface area contributed by atoms with E-state index < -0.39 is 10.0 Å². The molecule has 0 aromatic rings. The van der Waals surface area contributed by atoms with Gasteiger partial charge in [0.05, 0.1) is 6.26 Å². The van der Waals surface area contributed by atoms with Gasteiger partial charge in [0.25, 0.3) is 0 Å². The van der Waals surface area contributed by atoms with Crippen LogP contribution in [0.15, 0.2) is 0 Å². The van der Waals surface area contributed by atoms with E-state index in [1.165, 1.54) is 6.26 Å². The fraction of sp³-hybridized carbons (Fsp3) is 1.00. The Morgan fingerprint density at radius 2 is 2.07 bits per heavy atom. The number of nitrogens with one attached hydrogen (secondary N) is 1. The van der Waals surface area contributed by atoms with Gasteiger partial charge in [-0.2, -0.15) is 4.31 Å². The fourth-order valence-electron chi connectivity index (χ4n) is 2.09. The Labute approximate surface area is 93.1 Å². The van der Waals surface area contributed by atoms with E-state index in [0.29, 0.717) is 18.5 Å². The van der Waals surface area contributed by atoms with Crippen molar-refractivity contribution in [3.63, 3.8) is 0 Å². The molecule has 0 aromatic heterocycles. The molecule has 0 aliphatic carbocycles. The third-order valence-electron chi connectivity index (χ3n) is 2.78. The summed E-state index contributed by atoms with van der Waals surface area (Å²) < 4.78 is 24.7. The summed E-state index contributed by atoms with van der Waals surface area (Å²) in [7, 11) is -3.05. The maximum absolute atomic E-state index is 11.5. The van der Waals surface area contributed by atoms with Crippen LogP contribution in [0.25, 0.3) is 0 Å². The van der Waals surface area contributed by atoms with Gasteiger partial charge in [-0.15, -0.1) is 0 Å². The molecular weight excluding hydrogens is 212 g/mol. The number of nitrogens with zero attached hydrogens (tertiary/aromatic N) is 1. The van der Waals surface area contributed by atoms with Crippen molar-refractivity contribution in [2.45, 2.75) is 39.3 Å². The zero-order chi connectivity index (χ0) is 11.6. The van der Waals surface area contributed by atoms with Crippen molar-refractivity contribution < 1.29 is 8.42 Å². The van der Waals surface area contributed by atoms with Crippen LogP contribution in [0.4, 0.5) is 0 Å². The molecule has 0 saturated carbocycles. The Morgan fingerprint density at radius 1 is 1.47 bits per heavy atom. The lowest BCUT2D eigenvalue weighted by molar-refractivity contribution is 0.220. The predicted molar refractivity (Wildman–Crippen MR) is 62.3 cm³/mol. The molecule has 90 valence electrons. The Morgan fingerprint density at radius 3 is 2.53 bits per heavy atom.